The molecule has 26 heavy (non-hydrogen) atoms. The molecule has 134 valence electrons. The van der Waals surface area contributed by atoms with Crippen LogP contribution in [0.15, 0.2) is 66.7 Å². The average Bonchev–Trinajstić information content (AvgIpc) is 2.68. The van der Waals surface area contributed by atoms with E-state index in [1.54, 1.807) is 12.1 Å². The van der Waals surface area contributed by atoms with Gasteiger partial charge in [-0.2, -0.15) is 0 Å². The molecule has 1 fully saturated rings. The molecule has 3 aromatic rings. The Bertz CT molecular complexity index is 871. The monoisotopic (exact) mass is 348 g/mol. The van der Waals surface area contributed by atoms with Gasteiger partial charge >= 0.3 is 0 Å². The van der Waals surface area contributed by atoms with Gasteiger partial charge in [-0.25, -0.2) is 4.39 Å². The Morgan fingerprint density at radius 3 is 2.77 bits per heavy atom. The lowest BCUT2D eigenvalue weighted by Crippen LogP contribution is -2.39. The van der Waals surface area contributed by atoms with Crippen molar-refractivity contribution in [1.82, 2.24) is 5.32 Å². The summed E-state index contributed by atoms with van der Waals surface area (Å²) in [5, 5.41) is 6.27. The van der Waals surface area contributed by atoms with Crippen molar-refractivity contribution in [3.8, 4) is 0 Å². The van der Waals surface area contributed by atoms with Crippen LogP contribution in [0.5, 0.6) is 0 Å². The van der Waals surface area contributed by atoms with Crippen LogP contribution < -0.4 is 10.2 Å². The first-order chi connectivity index (χ1) is 12.8. The molecule has 0 bridgehead atoms. The Kier molecular flexibility index (Phi) is 5.16. The van der Waals surface area contributed by atoms with Crippen molar-refractivity contribution in [2.45, 2.75) is 19.4 Å². The standard InChI is InChI=1S/C23H25FN2/c24-21-10-4-11-22(14-21)26-13-5-6-18(17-26)15-25-16-20-9-3-8-19-7-1-2-12-23(19)20/h1-4,7-12,14,18,25H,5-6,13,15-17H2. The zero-order chi connectivity index (χ0) is 17.8. The van der Waals surface area contributed by atoms with Gasteiger partial charge in [0.2, 0.25) is 0 Å². The molecular formula is C23H25FN2. The first-order valence-corrected chi connectivity index (χ1v) is 9.47. The van der Waals surface area contributed by atoms with Crippen molar-refractivity contribution in [2.24, 2.45) is 5.92 Å². The number of anilines is 1. The largest absolute Gasteiger partial charge is 0.371 e. The number of piperidine rings is 1. The van der Waals surface area contributed by atoms with E-state index in [9.17, 15) is 4.39 Å². The predicted molar refractivity (Wildman–Crippen MR) is 107 cm³/mol. The Morgan fingerprint density at radius 2 is 1.85 bits per heavy atom. The second-order valence-corrected chi connectivity index (χ2v) is 7.20. The summed E-state index contributed by atoms with van der Waals surface area (Å²) < 4.78 is 13.5. The number of nitrogens with zero attached hydrogens (tertiary/aromatic N) is 1. The van der Waals surface area contributed by atoms with Gasteiger partial charge in [0.1, 0.15) is 5.82 Å². The highest BCUT2D eigenvalue weighted by Crippen LogP contribution is 2.24. The van der Waals surface area contributed by atoms with Gasteiger partial charge in [-0.1, -0.05) is 48.5 Å². The minimum Gasteiger partial charge on any atom is -0.371 e. The first-order valence-electron chi connectivity index (χ1n) is 9.47. The maximum Gasteiger partial charge on any atom is 0.125 e. The number of hydrogen-bond donors (Lipinski definition) is 1. The second-order valence-electron chi connectivity index (χ2n) is 7.20. The molecule has 3 heteroatoms. The summed E-state index contributed by atoms with van der Waals surface area (Å²) in [6, 6.07) is 22.0. The molecule has 1 heterocycles. The molecule has 0 aliphatic carbocycles. The topological polar surface area (TPSA) is 15.3 Å². The number of hydrogen-bond acceptors (Lipinski definition) is 2. The third-order valence-corrected chi connectivity index (χ3v) is 5.32. The number of rotatable bonds is 5. The van der Waals surface area contributed by atoms with Crippen molar-refractivity contribution >= 4 is 16.5 Å². The minimum atomic E-state index is -0.154. The van der Waals surface area contributed by atoms with Crippen molar-refractivity contribution in [2.75, 3.05) is 24.5 Å². The summed E-state index contributed by atoms with van der Waals surface area (Å²) >= 11 is 0. The Labute approximate surface area is 154 Å². The van der Waals surface area contributed by atoms with Crippen LogP contribution in [0.2, 0.25) is 0 Å². The van der Waals surface area contributed by atoms with Gasteiger partial charge in [0.05, 0.1) is 0 Å². The SMILES string of the molecule is Fc1cccc(N2CCCC(CNCc3cccc4ccccc34)C2)c1. The number of nitrogens with one attached hydrogen (secondary N) is 1. The van der Waals surface area contributed by atoms with Crippen molar-refractivity contribution in [3.63, 3.8) is 0 Å². The Hall–Kier alpha value is -2.39. The molecule has 0 saturated carbocycles. The number of benzene rings is 3. The van der Waals surface area contributed by atoms with Crippen LogP contribution in [0.4, 0.5) is 10.1 Å². The lowest BCUT2D eigenvalue weighted by atomic mass is 9.97. The van der Waals surface area contributed by atoms with Crippen LogP contribution in [0.25, 0.3) is 10.8 Å². The van der Waals surface area contributed by atoms with Crippen LogP contribution in [-0.2, 0) is 6.54 Å². The molecule has 0 amide bonds. The van der Waals surface area contributed by atoms with E-state index in [0.29, 0.717) is 5.92 Å². The van der Waals surface area contributed by atoms with E-state index in [2.05, 4.69) is 52.7 Å². The highest BCUT2D eigenvalue weighted by Gasteiger charge is 2.20. The van der Waals surface area contributed by atoms with Crippen LogP contribution in [0, 0.1) is 11.7 Å². The second kappa shape index (κ2) is 7.88. The molecule has 1 unspecified atom stereocenters. The van der Waals surface area contributed by atoms with E-state index in [4.69, 9.17) is 0 Å². The van der Waals surface area contributed by atoms with Crippen LogP contribution >= 0.6 is 0 Å². The van der Waals surface area contributed by atoms with Crippen molar-refractivity contribution < 1.29 is 4.39 Å². The molecule has 0 spiro atoms. The quantitative estimate of drug-likeness (QED) is 0.699. The lowest BCUT2D eigenvalue weighted by molar-refractivity contribution is 0.391. The van der Waals surface area contributed by atoms with E-state index in [1.165, 1.54) is 28.8 Å². The van der Waals surface area contributed by atoms with Gasteiger partial charge in [-0.05, 0) is 59.8 Å². The molecule has 0 radical (unpaired) electrons. The molecule has 1 atom stereocenters. The normalized spacial score (nSPS) is 17.6. The zero-order valence-electron chi connectivity index (χ0n) is 15.0. The lowest BCUT2D eigenvalue weighted by Gasteiger charge is -2.34. The summed E-state index contributed by atoms with van der Waals surface area (Å²) in [7, 11) is 0. The minimum absolute atomic E-state index is 0.154. The fourth-order valence-electron chi connectivity index (χ4n) is 4.00. The van der Waals surface area contributed by atoms with Crippen LogP contribution in [0.3, 0.4) is 0 Å². The number of halogens is 1. The Morgan fingerprint density at radius 1 is 1.00 bits per heavy atom. The predicted octanol–water partition coefficient (Wildman–Crippen LogP) is 4.99. The van der Waals surface area contributed by atoms with E-state index >= 15 is 0 Å². The molecule has 1 saturated heterocycles. The van der Waals surface area contributed by atoms with Crippen molar-refractivity contribution in [1.29, 1.82) is 0 Å². The summed E-state index contributed by atoms with van der Waals surface area (Å²) in [4.78, 5) is 2.32. The van der Waals surface area contributed by atoms with Gasteiger partial charge in [0, 0.05) is 25.3 Å². The van der Waals surface area contributed by atoms with Gasteiger partial charge < -0.3 is 10.2 Å². The van der Waals surface area contributed by atoms with Crippen LogP contribution in [-0.4, -0.2) is 19.6 Å². The summed E-state index contributed by atoms with van der Waals surface area (Å²) in [6.07, 6.45) is 2.39. The smallest absolute Gasteiger partial charge is 0.125 e. The maximum absolute atomic E-state index is 13.5. The third kappa shape index (κ3) is 3.88. The maximum atomic E-state index is 13.5. The van der Waals surface area contributed by atoms with E-state index in [0.717, 1.165) is 38.3 Å². The third-order valence-electron chi connectivity index (χ3n) is 5.32. The zero-order valence-corrected chi connectivity index (χ0v) is 15.0. The van der Waals surface area contributed by atoms with Crippen molar-refractivity contribution in [3.05, 3.63) is 78.1 Å². The van der Waals surface area contributed by atoms with Gasteiger partial charge in [0.15, 0.2) is 0 Å². The summed E-state index contributed by atoms with van der Waals surface area (Å²) in [5.41, 5.74) is 2.35. The molecule has 3 aromatic carbocycles. The molecule has 4 rings (SSSR count). The van der Waals surface area contributed by atoms with Gasteiger partial charge in [0.25, 0.3) is 0 Å². The number of fused-ring (bicyclic) bond motifs is 1. The fourth-order valence-corrected chi connectivity index (χ4v) is 4.00. The fraction of sp³-hybridized carbons (Fsp3) is 0.304. The molecular weight excluding hydrogens is 323 g/mol. The van der Waals surface area contributed by atoms with E-state index < -0.39 is 0 Å². The highest BCUT2D eigenvalue weighted by molar-refractivity contribution is 5.85. The highest BCUT2D eigenvalue weighted by atomic mass is 19.1. The van der Waals surface area contributed by atoms with Gasteiger partial charge in [-0.3, -0.25) is 0 Å². The Balaban J connectivity index is 1.36. The molecule has 2 nitrogen and oxygen atoms in total. The average molecular weight is 348 g/mol. The first kappa shape index (κ1) is 17.0. The molecule has 1 aliphatic rings. The molecule has 0 aromatic heterocycles. The van der Waals surface area contributed by atoms with Gasteiger partial charge in [-0.15, -0.1) is 0 Å². The molecule has 1 aliphatic heterocycles. The van der Waals surface area contributed by atoms with E-state index in [-0.39, 0.29) is 5.82 Å². The summed E-state index contributed by atoms with van der Waals surface area (Å²) in [5.74, 6) is 0.445. The summed E-state index contributed by atoms with van der Waals surface area (Å²) in [6.45, 7) is 3.89. The molecule has 1 N–H and O–H groups in total. The van der Waals surface area contributed by atoms with E-state index in [1.807, 2.05) is 6.07 Å². The van der Waals surface area contributed by atoms with Crippen LogP contribution in [0.1, 0.15) is 18.4 Å².